The highest BCUT2D eigenvalue weighted by Gasteiger charge is 2.12. The highest BCUT2D eigenvalue weighted by molar-refractivity contribution is 6.36. The summed E-state index contributed by atoms with van der Waals surface area (Å²) in [7, 11) is 0. The lowest BCUT2D eigenvalue weighted by atomic mass is 10.1. The molecule has 0 bridgehead atoms. The Kier molecular flexibility index (Phi) is 5.18. The Balaban J connectivity index is 1.60. The fourth-order valence-corrected chi connectivity index (χ4v) is 2.75. The summed E-state index contributed by atoms with van der Waals surface area (Å²) in [6, 6.07) is 14.8. The van der Waals surface area contributed by atoms with Crippen molar-refractivity contribution in [2.45, 2.75) is 13.0 Å². The van der Waals surface area contributed by atoms with Crippen molar-refractivity contribution in [2.75, 3.05) is 0 Å². The molecule has 1 heterocycles. The van der Waals surface area contributed by atoms with Crippen molar-refractivity contribution in [3.05, 3.63) is 82.1 Å². The molecule has 0 spiro atoms. The van der Waals surface area contributed by atoms with Crippen LogP contribution in [0.5, 0.6) is 0 Å². The van der Waals surface area contributed by atoms with Crippen molar-refractivity contribution in [3.8, 4) is 5.69 Å². The molecule has 0 amide bonds. The summed E-state index contributed by atoms with van der Waals surface area (Å²) < 4.78 is 7.01. The number of hydrogen-bond acceptors (Lipinski definition) is 3. The molecule has 3 aromatic rings. The van der Waals surface area contributed by atoms with E-state index >= 15 is 0 Å². The first-order chi connectivity index (χ1) is 11.6. The Labute approximate surface area is 149 Å². The zero-order valence-electron chi connectivity index (χ0n) is 12.7. The number of benzene rings is 2. The summed E-state index contributed by atoms with van der Waals surface area (Å²) >= 11 is 12.1. The van der Waals surface area contributed by atoms with Gasteiger partial charge in [0.2, 0.25) is 0 Å². The van der Waals surface area contributed by atoms with Crippen LogP contribution in [0.15, 0.2) is 60.9 Å². The standard InChI is InChI=1S/C18H14Cl2N2O2/c19-16-7-4-8-17(20)15(16)9-18(23)24-12-13-10-21-22(11-13)14-5-2-1-3-6-14/h1-8,10-11H,9,12H2. The van der Waals surface area contributed by atoms with Gasteiger partial charge in [-0.1, -0.05) is 47.5 Å². The largest absolute Gasteiger partial charge is 0.460 e. The van der Waals surface area contributed by atoms with Gasteiger partial charge in [-0.3, -0.25) is 4.79 Å². The number of ether oxygens (including phenoxy) is 1. The Bertz CT molecular complexity index is 827. The van der Waals surface area contributed by atoms with E-state index in [1.54, 1.807) is 29.1 Å². The van der Waals surface area contributed by atoms with Crippen LogP contribution < -0.4 is 0 Å². The van der Waals surface area contributed by atoms with Crippen molar-refractivity contribution in [3.63, 3.8) is 0 Å². The van der Waals surface area contributed by atoms with Crippen LogP contribution >= 0.6 is 23.2 Å². The minimum atomic E-state index is -0.391. The van der Waals surface area contributed by atoms with E-state index in [1.807, 2.05) is 36.5 Å². The first-order valence-corrected chi connectivity index (χ1v) is 8.06. The molecule has 1 aromatic heterocycles. The molecule has 0 aliphatic heterocycles. The van der Waals surface area contributed by atoms with E-state index in [-0.39, 0.29) is 13.0 Å². The van der Waals surface area contributed by atoms with E-state index in [4.69, 9.17) is 27.9 Å². The molecular weight excluding hydrogens is 347 g/mol. The molecule has 0 aliphatic carbocycles. The topological polar surface area (TPSA) is 44.1 Å². The fourth-order valence-electron chi connectivity index (χ4n) is 2.22. The molecule has 2 aromatic carbocycles. The highest BCUT2D eigenvalue weighted by Crippen LogP contribution is 2.25. The number of para-hydroxylation sites is 1. The number of hydrogen-bond donors (Lipinski definition) is 0. The van der Waals surface area contributed by atoms with E-state index < -0.39 is 5.97 Å². The number of halogens is 2. The van der Waals surface area contributed by atoms with Crippen molar-refractivity contribution >= 4 is 29.2 Å². The zero-order valence-corrected chi connectivity index (χ0v) is 14.2. The zero-order chi connectivity index (χ0) is 16.9. The van der Waals surface area contributed by atoms with Crippen LogP contribution in [-0.2, 0) is 22.6 Å². The van der Waals surface area contributed by atoms with E-state index in [9.17, 15) is 4.79 Å². The van der Waals surface area contributed by atoms with Crippen molar-refractivity contribution < 1.29 is 9.53 Å². The van der Waals surface area contributed by atoms with Crippen LogP contribution in [0.2, 0.25) is 10.0 Å². The third kappa shape index (κ3) is 3.96. The smallest absolute Gasteiger partial charge is 0.310 e. The van der Waals surface area contributed by atoms with E-state index in [0.717, 1.165) is 11.3 Å². The Hall–Kier alpha value is -2.30. The van der Waals surface area contributed by atoms with E-state index in [0.29, 0.717) is 15.6 Å². The maximum atomic E-state index is 12.0. The van der Waals surface area contributed by atoms with Crippen molar-refractivity contribution in [2.24, 2.45) is 0 Å². The van der Waals surface area contributed by atoms with Crippen LogP contribution in [0, 0.1) is 0 Å². The molecule has 0 fully saturated rings. The van der Waals surface area contributed by atoms with Crippen LogP contribution in [0.1, 0.15) is 11.1 Å². The molecule has 0 saturated heterocycles. The second kappa shape index (κ2) is 7.51. The normalized spacial score (nSPS) is 10.6. The lowest BCUT2D eigenvalue weighted by Gasteiger charge is -2.07. The SMILES string of the molecule is O=C(Cc1c(Cl)cccc1Cl)OCc1cnn(-c2ccccc2)c1. The predicted octanol–water partition coefficient (Wildman–Crippen LogP) is 4.47. The Morgan fingerprint density at radius 2 is 1.75 bits per heavy atom. The van der Waals surface area contributed by atoms with Gasteiger partial charge in [-0.25, -0.2) is 4.68 Å². The van der Waals surface area contributed by atoms with Crippen LogP contribution in [0.4, 0.5) is 0 Å². The van der Waals surface area contributed by atoms with Gasteiger partial charge < -0.3 is 4.74 Å². The maximum absolute atomic E-state index is 12.0. The first-order valence-electron chi connectivity index (χ1n) is 7.31. The van der Waals surface area contributed by atoms with Crippen molar-refractivity contribution in [1.82, 2.24) is 9.78 Å². The van der Waals surface area contributed by atoms with Crippen molar-refractivity contribution in [1.29, 1.82) is 0 Å². The van der Waals surface area contributed by atoms with E-state index in [1.165, 1.54) is 0 Å². The minimum absolute atomic E-state index is 0.0331. The second-order valence-electron chi connectivity index (χ2n) is 5.17. The molecule has 4 nitrogen and oxygen atoms in total. The van der Waals surface area contributed by atoms with E-state index in [2.05, 4.69) is 5.10 Å². The lowest BCUT2D eigenvalue weighted by Crippen LogP contribution is -2.08. The molecule has 0 N–H and O–H groups in total. The van der Waals surface area contributed by atoms with Gasteiger partial charge in [0.05, 0.1) is 18.3 Å². The quantitative estimate of drug-likeness (QED) is 0.630. The molecule has 122 valence electrons. The maximum Gasteiger partial charge on any atom is 0.310 e. The molecule has 0 unspecified atom stereocenters. The fraction of sp³-hybridized carbons (Fsp3) is 0.111. The van der Waals surface area contributed by atoms with Gasteiger partial charge in [0.25, 0.3) is 0 Å². The average molecular weight is 361 g/mol. The molecule has 6 heteroatoms. The van der Waals surface area contributed by atoms with Crippen LogP contribution in [0.3, 0.4) is 0 Å². The predicted molar refractivity (Wildman–Crippen MR) is 93.5 cm³/mol. The third-order valence-electron chi connectivity index (χ3n) is 3.44. The van der Waals surface area contributed by atoms with Gasteiger partial charge in [-0.15, -0.1) is 0 Å². The molecule has 0 atom stereocenters. The van der Waals surface area contributed by atoms with Gasteiger partial charge in [-0.2, -0.15) is 5.10 Å². The number of carbonyl (C=O) groups excluding carboxylic acids is 1. The second-order valence-corrected chi connectivity index (χ2v) is 5.98. The summed E-state index contributed by atoms with van der Waals surface area (Å²) in [5, 5.41) is 5.17. The average Bonchev–Trinajstić information content (AvgIpc) is 3.06. The Morgan fingerprint density at radius 3 is 2.46 bits per heavy atom. The minimum Gasteiger partial charge on any atom is -0.460 e. The Morgan fingerprint density at radius 1 is 1.04 bits per heavy atom. The third-order valence-corrected chi connectivity index (χ3v) is 4.15. The molecule has 0 aliphatic rings. The first kappa shape index (κ1) is 16.6. The van der Waals surface area contributed by atoms with Gasteiger partial charge in [0.1, 0.15) is 6.61 Å². The molecule has 0 saturated carbocycles. The van der Waals surface area contributed by atoms with Crippen LogP contribution in [0.25, 0.3) is 5.69 Å². The van der Waals surface area contributed by atoms with Gasteiger partial charge in [-0.05, 0) is 24.3 Å². The summed E-state index contributed by atoms with van der Waals surface area (Å²) in [6.45, 7) is 0.147. The number of rotatable bonds is 5. The van der Waals surface area contributed by atoms with Gasteiger partial charge >= 0.3 is 5.97 Å². The summed E-state index contributed by atoms with van der Waals surface area (Å²) in [5.74, 6) is -0.391. The monoisotopic (exact) mass is 360 g/mol. The lowest BCUT2D eigenvalue weighted by molar-refractivity contribution is -0.144. The number of nitrogens with zero attached hydrogens (tertiary/aromatic N) is 2. The molecular formula is C18H14Cl2N2O2. The number of aromatic nitrogens is 2. The molecule has 0 radical (unpaired) electrons. The van der Waals surface area contributed by atoms with Gasteiger partial charge in [0.15, 0.2) is 0 Å². The summed E-state index contributed by atoms with van der Waals surface area (Å²) in [4.78, 5) is 12.0. The van der Waals surface area contributed by atoms with Gasteiger partial charge in [0, 0.05) is 27.4 Å². The number of esters is 1. The summed E-state index contributed by atoms with van der Waals surface area (Å²) in [5.41, 5.74) is 2.32. The van der Waals surface area contributed by atoms with Crippen LogP contribution in [-0.4, -0.2) is 15.7 Å². The molecule has 3 rings (SSSR count). The molecule has 24 heavy (non-hydrogen) atoms. The highest BCUT2D eigenvalue weighted by atomic mass is 35.5. The summed E-state index contributed by atoms with van der Waals surface area (Å²) in [6.07, 6.45) is 3.53. The number of carbonyl (C=O) groups is 1.